The summed E-state index contributed by atoms with van der Waals surface area (Å²) in [6, 6.07) is 7.21. The van der Waals surface area contributed by atoms with E-state index in [0.717, 1.165) is 24.8 Å². The third-order valence-corrected chi connectivity index (χ3v) is 6.55. The fraction of sp³-hybridized carbons (Fsp3) is 0.615. The smallest absolute Gasteiger partial charge is 0.191 e. The highest BCUT2D eigenvalue weighted by Gasteiger charge is 2.30. The molecule has 0 saturated carbocycles. The van der Waals surface area contributed by atoms with Crippen LogP contribution in [0, 0.1) is 0 Å². The number of alkyl halides is 1. The van der Waals surface area contributed by atoms with E-state index < -0.39 is 0 Å². The van der Waals surface area contributed by atoms with Gasteiger partial charge in [-0.25, -0.2) is 0 Å². The molecule has 0 saturated heterocycles. The Morgan fingerprint density at radius 3 is 1.48 bits per heavy atom. The Kier molecular flexibility index (Phi) is 11.5. The summed E-state index contributed by atoms with van der Waals surface area (Å²) in [5.41, 5.74) is 2.52. The van der Waals surface area contributed by atoms with E-state index in [0.29, 0.717) is 22.0 Å². The Bertz CT molecular complexity index is 690. The second kappa shape index (κ2) is 13.9. The minimum Gasteiger partial charge on any atom is -0.289 e. The number of unbranched alkanes of at least 4 members (excludes halogenated alkanes) is 12. The van der Waals surface area contributed by atoms with Gasteiger partial charge in [-0.2, -0.15) is 0 Å². The number of rotatable bonds is 15. The number of fused-ring (bicyclic) bond motifs is 1. The van der Waals surface area contributed by atoms with E-state index in [1.54, 1.807) is 12.1 Å². The summed E-state index contributed by atoms with van der Waals surface area (Å²) in [4.78, 5) is 25.5. The second-order valence-electron chi connectivity index (χ2n) is 8.29. The summed E-state index contributed by atoms with van der Waals surface area (Å²) in [6.07, 6.45) is 17.8. The van der Waals surface area contributed by atoms with Crippen molar-refractivity contribution in [3.63, 3.8) is 0 Å². The molecule has 1 aromatic rings. The lowest BCUT2D eigenvalue weighted by atomic mass is 9.82. The molecule has 0 heterocycles. The summed E-state index contributed by atoms with van der Waals surface area (Å²) in [5.74, 6) is 0.0651. The van der Waals surface area contributed by atoms with Gasteiger partial charge >= 0.3 is 0 Å². The van der Waals surface area contributed by atoms with E-state index in [1.807, 2.05) is 12.1 Å². The zero-order chi connectivity index (χ0) is 20.9. The number of ketones is 2. The first-order valence-electron chi connectivity index (χ1n) is 11.7. The van der Waals surface area contributed by atoms with E-state index in [-0.39, 0.29) is 11.6 Å². The average Bonchev–Trinajstić information content (AvgIpc) is 2.74. The van der Waals surface area contributed by atoms with Gasteiger partial charge in [-0.05, 0) is 12.8 Å². The van der Waals surface area contributed by atoms with Gasteiger partial charge in [-0.3, -0.25) is 9.59 Å². The molecule has 0 atom stereocenters. The molecule has 1 aliphatic rings. The van der Waals surface area contributed by atoms with Gasteiger partial charge in [0, 0.05) is 27.6 Å². The number of carbonyl (C=O) groups excluding carboxylic acids is 2. The lowest BCUT2D eigenvalue weighted by Gasteiger charge is -2.20. The number of allylic oxidation sites excluding steroid dienone is 2. The quantitative estimate of drug-likeness (QED) is 0.195. The van der Waals surface area contributed by atoms with Crippen molar-refractivity contribution in [2.75, 3.05) is 5.33 Å². The predicted molar refractivity (Wildman–Crippen MR) is 126 cm³/mol. The molecule has 0 aliphatic heterocycles. The van der Waals surface area contributed by atoms with Crippen LogP contribution in [0.4, 0.5) is 0 Å². The summed E-state index contributed by atoms with van der Waals surface area (Å²) in [5, 5.41) is 0.458. The SMILES string of the molecule is CCCCCCCCCCCCCCCC1=C(CBr)C(=O)c2ccccc2C1=O. The maximum atomic E-state index is 12.9. The summed E-state index contributed by atoms with van der Waals surface area (Å²) in [6.45, 7) is 2.27. The highest BCUT2D eigenvalue weighted by molar-refractivity contribution is 9.09. The first-order valence-corrected chi connectivity index (χ1v) is 12.8. The van der Waals surface area contributed by atoms with Crippen LogP contribution in [0.3, 0.4) is 0 Å². The Hall–Kier alpha value is -1.22. The average molecular weight is 461 g/mol. The first kappa shape index (κ1) is 24.1. The maximum Gasteiger partial charge on any atom is 0.191 e. The van der Waals surface area contributed by atoms with Crippen molar-refractivity contribution in [1.82, 2.24) is 0 Å². The highest BCUT2D eigenvalue weighted by atomic mass is 79.9. The fourth-order valence-electron chi connectivity index (χ4n) is 4.20. The second-order valence-corrected chi connectivity index (χ2v) is 8.85. The summed E-state index contributed by atoms with van der Waals surface area (Å²) < 4.78 is 0. The number of benzene rings is 1. The number of hydrogen-bond acceptors (Lipinski definition) is 2. The lowest BCUT2D eigenvalue weighted by Crippen LogP contribution is -2.22. The van der Waals surface area contributed by atoms with Crippen molar-refractivity contribution >= 4 is 27.5 Å². The van der Waals surface area contributed by atoms with E-state index in [9.17, 15) is 9.59 Å². The van der Waals surface area contributed by atoms with Crippen LogP contribution < -0.4 is 0 Å². The van der Waals surface area contributed by atoms with Crippen LogP contribution >= 0.6 is 15.9 Å². The van der Waals surface area contributed by atoms with Crippen LogP contribution in [0.5, 0.6) is 0 Å². The Balaban J connectivity index is 1.62. The Labute approximate surface area is 185 Å². The fourth-order valence-corrected chi connectivity index (χ4v) is 4.80. The van der Waals surface area contributed by atoms with Gasteiger partial charge in [0.15, 0.2) is 11.6 Å². The molecule has 1 aromatic carbocycles. The molecule has 0 N–H and O–H groups in total. The van der Waals surface area contributed by atoms with E-state index in [4.69, 9.17) is 0 Å². The monoisotopic (exact) mass is 460 g/mol. The lowest BCUT2D eigenvalue weighted by molar-refractivity contribution is 0.0972. The molecule has 29 heavy (non-hydrogen) atoms. The topological polar surface area (TPSA) is 34.1 Å². The molecule has 2 rings (SSSR count). The molecule has 0 bridgehead atoms. The maximum absolute atomic E-state index is 12.9. The van der Waals surface area contributed by atoms with Crippen LogP contribution in [0.1, 0.15) is 118 Å². The number of carbonyl (C=O) groups is 2. The van der Waals surface area contributed by atoms with Gasteiger partial charge in [0.2, 0.25) is 0 Å². The number of hydrogen-bond donors (Lipinski definition) is 0. The van der Waals surface area contributed by atoms with Crippen molar-refractivity contribution in [2.24, 2.45) is 0 Å². The normalized spacial score (nSPS) is 13.9. The molecule has 1 aliphatic carbocycles. The van der Waals surface area contributed by atoms with Crippen LogP contribution in [-0.2, 0) is 0 Å². The van der Waals surface area contributed by atoms with Gasteiger partial charge in [-0.1, -0.05) is 124 Å². The molecule has 0 aromatic heterocycles. The van der Waals surface area contributed by atoms with Crippen LogP contribution in [0.25, 0.3) is 0 Å². The van der Waals surface area contributed by atoms with E-state index in [2.05, 4.69) is 22.9 Å². The van der Waals surface area contributed by atoms with Gasteiger partial charge in [0.25, 0.3) is 0 Å². The van der Waals surface area contributed by atoms with Gasteiger partial charge in [0.1, 0.15) is 0 Å². The Morgan fingerprint density at radius 1 is 0.621 bits per heavy atom. The van der Waals surface area contributed by atoms with Gasteiger partial charge in [-0.15, -0.1) is 0 Å². The van der Waals surface area contributed by atoms with Crippen molar-refractivity contribution in [3.05, 3.63) is 46.5 Å². The minimum atomic E-state index is 0.0155. The molecule has 0 fully saturated rings. The van der Waals surface area contributed by atoms with Crippen molar-refractivity contribution in [1.29, 1.82) is 0 Å². The molecule has 0 radical (unpaired) electrons. The van der Waals surface area contributed by atoms with Crippen LogP contribution in [0.15, 0.2) is 35.4 Å². The Morgan fingerprint density at radius 2 is 1.03 bits per heavy atom. The molecular weight excluding hydrogens is 424 g/mol. The van der Waals surface area contributed by atoms with Gasteiger partial charge < -0.3 is 0 Å². The van der Waals surface area contributed by atoms with Gasteiger partial charge in [0.05, 0.1) is 0 Å². The minimum absolute atomic E-state index is 0.0155. The largest absolute Gasteiger partial charge is 0.289 e. The predicted octanol–water partition coefficient (Wildman–Crippen LogP) is 8.24. The molecule has 0 spiro atoms. The van der Waals surface area contributed by atoms with E-state index >= 15 is 0 Å². The first-order chi connectivity index (χ1) is 14.2. The molecule has 3 heteroatoms. The van der Waals surface area contributed by atoms with Crippen LogP contribution in [-0.4, -0.2) is 16.9 Å². The van der Waals surface area contributed by atoms with Crippen molar-refractivity contribution < 1.29 is 9.59 Å². The number of Topliss-reactive ketones (excluding diaryl/α,β-unsaturated/α-hetero) is 2. The molecule has 0 unspecified atom stereocenters. The molecule has 2 nitrogen and oxygen atoms in total. The molecule has 160 valence electrons. The molecular formula is C26H37BrO2. The van der Waals surface area contributed by atoms with Crippen LogP contribution in [0.2, 0.25) is 0 Å². The third-order valence-electron chi connectivity index (χ3n) is 5.99. The van der Waals surface area contributed by atoms with Crippen molar-refractivity contribution in [3.8, 4) is 0 Å². The summed E-state index contributed by atoms with van der Waals surface area (Å²) >= 11 is 3.42. The third kappa shape index (κ3) is 7.51. The van der Waals surface area contributed by atoms with Crippen molar-refractivity contribution in [2.45, 2.75) is 96.8 Å². The zero-order valence-electron chi connectivity index (χ0n) is 18.1. The standard InChI is InChI=1S/C26H37BrO2/c1-2-3-4-5-6-7-8-9-10-11-12-13-14-17-23-24(20-27)26(29)22-19-16-15-18-21(22)25(23)28/h15-16,18-19H,2-14,17,20H2,1H3. The highest BCUT2D eigenvalue weighted by Crippen LogP contribution is 2.30. The number of halogens is 1. The molecule has 0 amide bonds. The summed E-state index contributed by atoms with van der Waals surface area (Å²) in [7, 11) is 0. The van der Waals surface area contributed by atoms with E-state index in [1.165, 1.54) is 70.6 Å². The zero-order valence-corrected chi connectivity index (χ0v) is 19.7.